The van der Waals surface area contributed by atoms with Crippen molar-refractivity contribution >= 4 is 11.9 Å². The lowest BCUT2D eigenvalue weighted by Crippen LogP contribution is -2.32. The minimum Gasteiger partial charge on any atom is -0.493 e. The molecule has 10 heteroatoms. The Labute approximate surface area is 253 Å². The first-order valence-corrected chi connectivity index (χ1v) is 14.5. The van der Waals surface area contributed by atoms with Crippen LogP contribution in [0, 0.1) is 17.8 Å². The van der Waals surface area contributed by atoms with E-state index >= 15 is 0 Å². The molecular weight excluding hydrogens is 556 g/mol. The van der Waals surface area contributed by atoms with Crippen molar-refractivity contribution in [1.82, 2.24) is 0 Å². The van der Waals surface area contributed by atoms with E-state index in [0.717, 1.165) is 0 Å². The molecule has 1 heterocycles. The quantitative estimate of drug-likeness (QED) is 0.232. The molecule has 1 aliphatic carbocycles. The zero-order valence-electron chi connectivity index (χ0n) is 26.6. The lowest BCUT2D eigenvalue weighted by molar-refractivity contribution is -0.162. The van der Waals surface area contributed by atoms with E-state index in [4.69, 9.17) is 37.9 Å². The molecule has 0 saturated carbocycles. The van der Waals surface area contributed by atoms with E-state index in [1.165, 1.54) is 28.4 Å². The van der Waals surface area contributed by atoms with Gasteiger partial charge in [0.1, 0.15) is 12.2 Å². The minimum absolute atomic E-state index is 0.00331. The summed E-state index contributed by atoms with van der Waals surface area (Å²) in [6.45, 7) is 11.2. The Bertz CT molecular complexity index is 1410. The first kappa shape index (κ1) is 31.8. The van der Waals surface area contributed by atoms with Crippen molar-refractivity contribution in [2.24, 2.45) is 17.8 Å². The van der Waals surface area contributed by atoms with Crippen molar-refractivity contribution in [2.45, 2.75) is 60.2 Å². The van der Waals surface area contributed by atoms with Gasteiger partial charge in [-0.1, -0.05) is 33.8 Å². The van der Waals surface area contributed by atoms with Crippen molar-refractivity contribution in [3.63, 3.8) is 0 Å². The number of ether oxygens (including phenoxy) is 8. The van der Waals surface area contributed by atoms with Crippen molar-refractivity contribution in [3.05, 3.63) is 34.9 Å². The predicted molar refractivity (Wildman–Crippen MR) is 159 cm³/mol. The number of allylic oxidation sites excluding steroid dienone is 1. The van der Waals surface area contributed by atoms with Gasteiger partial charge in [0.25, 0.3) is 0 Å². The number of rotatable bonds is 9. The molecule has 0 fully saturated rings. The number of carbonyl (C=O) groups excluding carboxylic acids is 2. The topological polar surface area (TPSA) is 108 Å². The number of hydrogen-bond acceptors (Lipinski definition) is 10. The summed E-state index contributed by atoms with van der Waals surface area (Å²) in [4.78, 5) is 26.7. The van der Waals surface area contributed by atoms with Crippen LogP contribution in [0.25, 0.3) is 11.1 Å². The molecule has 1 aliphatic heterocycles. The number of carbonyl (C=O) groups is 2. The molecule has 0 radical (unpaired) electrons. The van der Waals surface area contributed by atoms with Gasteiger partial charge in [-0.05, 0) is 32.4 Å². The molecule has 2 aromatic carbocycles. The lowest BCUT2D eigenvalue weighted by atomic mass is 9.74. The van der Waals surface area contributed by atoms with Gasteiger partial charge < -0.3 is 37.9 Å². The summed E-state index contributed by atoms with van der Waals surface area (Å²) < 4.78 is 47.8. The van der Waals surface area contributed by atoms with Crippen molar-refractivity contribution in [2.75, 3.05) is 35.2 Å². The molecule has 0 bridgehead atoms. The fraction of sp³-hybridized carbons (Fsp3) is 0.515. The molecule has 4 rings (SSSR count). The van der Waals surface area contributed by atoms with Gasteiger partial charge in [-0.2, -0.15) is 0 Å². The SMILES string of the molecule is C/C=C(/C)C(=O)O[C@H]1c2cc(OC)c(OC)c(OC)c2-c2c(cc3c(c2OC)OCO3)[C@H](OC(=O)C(C)CC)[C@H](C)[C@@H]1C. The van der Waals surface area contributed by atoms with Crippen LogP contribution in [0.4, 0.5) is 0 Å². The largest absolute Gasteiger partial charge is 0.493 e. The van der Waals surface area contributed by atoms with E-state index in [9.17, 15) is 9.59 Å². The number of hydrogen-bond donors (Lipinski definition) is 0. The third-order valence-electron chi connectivity index (χ3n) is 8.61. The molecule has 0 spiro atoms. The fourth-order valence-electron chi connectivity index (χ4n) is 5.56. The van der Waals surface area contributed by atoms with Gasteiger partial charge in [-0.3, -0.25) is 4.79 Å². The Kier molecular flexibility index (Phi) is 9.67. The number of fused-ring (bicyclic) bond motifs is 4. The average molecular weight is 599 g/mol. The molecule has 0 amide bonds. The Morgan fingerprint density at radius 2 is 1.47 bits per heavy atom. The summed E-state index contributed by atoms with van der Waals surface area (Å²) >= 11 is 0. The van der Waals surface area contributed by atoms with Crippen molar-refractivity contribution in [3.8, 4) is 45.6 Å². The normalized spacial score (nSPS) is 21.4. The molecule has 0 N–H and O–H groups in total. The van der Waals surface area contributed by atoms with Gasteiger partial charge in [-0.25, -0.2) is 4.79 Å². The van der Waals surface area contributed by atoms with E-state index < -0.39 is 18.2 Å². The maximum absolute atomic E-state index is 13.4. The lowest BCUT2D eigenvalue weighted by Gasteiger charge is -2.39. The van der Waals surface area contributed by atoms with Crippen LogP contribution >= 0.6 is 0 Å². The zero-order valence-corrected chi connectivity index (χ0v) is 26.6. The third-order valence-corrected chi connectivity index (χ3v) is 8.61. The third kappa shape index (κ3) is 5.55. The molecule has 2 aromatic rings. The standard InChI is InChI=1S/C33H42O10/c1-11-16(3)32(34)42-26-18(5)19(6)27(43-33(35)17(4)12-2)21-14-23-29(41-15-40-23)31(39-10)25(21)24-20(26)13-22(36-7)28(37-8)30(24)38-9/h11,13-14,17-19,26-27H,12,15H2,1-10H3/b16-11-/t17?,18-,19+,26+,27+/m0/s1. The first-order valence-electron chi connectivity index (χ1n) is 14.5. The summed E-state index contributed by atoms with van der Waals surface area (Å²) in [5.74, 6) is 0.438. The Morgan fingerprint density at radius 3 is 2.02 bits per heavy atom. The highest BCUT2D eigenvalue weighted by Gasteiger charge is 2.45. The van der Waals surface area contributed by atoms with Gasteiger partial charge in [0.2, 0.25) is 18.3 Å². The molecule has 1 unspecified atom stereocenters. The van der Waals surface area contributed by atoms with Gasteiger partial charge in [0.05, 0.1) is 34.4 Å². The van der Waals surface area contributed by atoms with E-state index in [0.29, 0.717) is 68.7 Å². The predicted octanol–water partition coefficient (Wildman–Crippen LogP) is 6.58. The minimum atomic E-state index is -0.811. The maximum Gasteiger partial charge on any atom is 0.333 e. The van der Waals surface area contributed by atoms with Gasteiger partial charge in [-0.15, -0.1) is 0 Å². The van der Waals surface area contributed by atoms with E-state index in [-0.39, 0.29) is 30.5 Å². The van der Waals surface area contributed by atoms with Crippen LogP contribution in [0.2, 0.25) is 0 Å². The number of esters is 2. The highest BCUT2D eigenvalue weighted by molar-refractivity contribution is 5.91. The van der Waals surface area contributed by atoms with Gasteiger partial charge in [0.15, 0.2) is 23.0 Å². The summed E-state index contributed by atoms with van der Waals surface area (Å²) in [6.07, 6.45) is 0.730. The van der Waals surface area contributed by atoms with Crippen LogP contribution < -0.4 is 28.4 Å². The summed E-state index contributed by atoms with van der Waals surface area (Å²) in [5.41, 5.74) is 2.78. The average Bonchev–Trinajstić information content (AvgIpc) is 3.50. The maximum atomic E-state index is 13.4. The molecule has 2 aliphatic rings. The van der Waals surface area contributed by atoms with Crippen molar-refractivity contribution < 1.29 is 47.5 Å². The first-order chi connectivity index (χ1) is 20.6. The smallest absolute Gasteiger partial charge is 0.333 e. The molecular formula is C33H42O10. The van der Waals surface area contributed by atoms with Crippen LogP contribution in [0.5, 0.6) is 34.5 Å². The molecule has 5 atom stereocenters. The molecule has 43 heavy (non-hydrogen) atoms. The number of methoxy groups -OCH3 is 4. The summed E-state index contributed by atoms with van der Waals surface area (Å²) in [6, 6.07) is 3.62. The Morgan fingerprint density at radius 1 is 0.884 bits per heavy atom. The van der Waals surface area contributed by atoms with Crippen LogP contribution in [-0.4, -0.2) is 47.2 Å². The monoisotopic (exact) mass is 598 g/mol. The number of benzene rings is 2. The fourth-order valence-corrected chi connectivity index (χ4v) is 5.56. The zero-order chi connectivity index (χ0) is 31.6. The van der Waals surface area contributed by atoms with E-state index in [1.807, 2.05) is 33.8 Å². The molecule has 0 aromatic heterocycles. The van der Waals surface area contributed by atoms with Gasteiger partial charge >= 0.3 is 11.9 Å². The van der Waals surface area contributed by atoms with E-state index in [1.54, 1.807) is 26.0 Å². The highest BCUT2D eigenvalue weighted by atomic mass is 16.7. The van der Waals surface area contributed by atoms with Crippen LogP contribution in [0.1, 0.15) is 71.3 Å². The van der Waals surface area contributed by atoms with E-state index in [2.05, 4.69) is 0 Å². The Balaban J connectivity index is 2.18. The Hall–Kier alpha value is -4.08. The van der Waals surface area contributed by atoms with Crippen molar-refractivity contribution in [1.29, 1.82) is 0 Å². The molecule has 234 valence electrons. The van der Waals surface area contributed by atoms with Crippen LogP contribution in [-0.2, 0) is 19.1 Å². The second-order valence-corrected chi connectivity index (χ2v) is 10.9. The van der Waals surface area contributed by atoms with Crippen LogP contribution in [0.3, 0.4) is 0 Å². The molecule has 10 nitrogen and oxygen atoms in total. The van der Waals surface area contributed by atoms with Crippen LogP contribution in [0.15, 0.2) is 23.8 Å². The highest BCUT2D eigenvalue weighted by Crippen LogP contribution is 2.60. The summed E-state index contributed by atoms with van der Waals surface area (Å²) in [7, 11) is 6.09. The second kappa shape index (κ2) is 13.1. The molecule has 0 saturated heterocycles. The van der Waals surface area contributed by atoms with Gasteiger partial charge in [0, 0.05) is 39.7 Å². The summed E-state index contributed by atoms with van der Waals surface area (Å²) in [5, 5.41) is 0. The second-order valence-electron chi connectivity index (χ2n) is 10.9.